The molecule has 1 aromatic carbocycles. The Morgan fingerprint density at radius 2 is 2.11 bits per heavy atom. The van der Waals surface area contributed by atoms with Crippen molar-refractivity contribution in [1.29, 1.82) is 0 Å². The third-order valence-electron chi connectivity index (χ3n) is 6.67. The summed E-state index contributed by atoms with van der Waals surface area (Å²) in [4.78, 5) is 37.6. The van der Waals surface area contributed by atoms with Crippen LogP contribution in [-0.2, 0) is 32.6 Å². The molecule has 37 heavy (non-hydrogen) atoms. The van der Waals surface area contributed by atoms with Gasteiger partial charge in [-0.2, -0.15) is 4.31 Å². The Kier molecular flexibility index (Phi) is 6.80. The summed E-state index contributed by atoms with van der Waals surface area (Å²) in [5, 5.41) is 1.08. The number of aromatic amines is 1. The van der Waals surface area contributed by atoms with E-state index in [0.29, 0.717) is 41.1 Å². The van der Waals surface area contributed by atoms with Gasteiger partial charge in [-0.25, -0.2) is 13.4 Å². The largest absolute Gasteiger partial charge is 0.375 e. The van der Waals surface area contributed by atoms with Gasteiger partial charge >= 0.3 is 0 Å². The van der Waals surface area contributed by atoms with Crippen molar-refractivity contribution < 1.29 is 22.7 Å². The number of thiazole rings is 1. The maximum Gasteiger partial charge on any atom is 0.283 e. The van der Waals surface area contributed by atoms with Crippen LogP contribution < -0.4 is 0 Å². The molecule has 194 valence electrons. The second-order valence-electron chi connectivity index (χ2n) is 9.28. The molecule has 2 amide bonds. The van der Waals surface area contributed by atoms with Crippen molar-refractivity contribution in [3.8, 4) is 12.3 Å². The van der Waals surface area contributed by atoms with Crippen molar-refractivity contribution >= 4 is 44.1 Å². The zero-order valence-corrected chi connectivity index (χ0v) is 22.2. The van der Waals surface area contributed by atoms with E-state index < -0.39 is 16.1 Å². The van der Waals surface area contributed by atoms with E-state index in [0.717, 1.165) is 10.6 Å². The van der Waals surface area contributed by atoms with Gasteiger partial charge in [-0.05, 0) is 24.3 Å². The summed E-state index contributed by atoms with van der Waals surface area (Å²) >= 11 is 1.30. The van der Waals surface area contributed by atoms with Gasteiger partial charge in [0.2, 0.25) is 5.91 Å². The lowest BCUT2D eigenvalue weighted by molar-refractivity contribution is -0.130. The topological polar surface area (TPSA) is 116 Å². The monoisotopic (exact) mass is 541 g/mol. The molecule has 2 aliphatic rings. The molecule has 2 aromatic heterocycles. The molecule has 1 fully saturated rings. The summed E-state index contributed by atoms with van der Waals surface area (Å²) in [5.74, 6) is 2.07. The Hall–Kier alpha value is -3.24. The Bertz CT molecular complexity index is 1490. The molecule has 1 unspecified atom stereocenters. The molecule has 1 N–H and O–H groups in total. The van der Waals surface area contributed by atoms with Gasteiger partial charge in [0.15, 0.2) is 5.01 Å². The fourth-order valence-corrected chi connectivity index (χ4v) is 7.07. The molecule has 0 spiro atoms. The normalized spacial score (nSPS) is 18.4. The molecule has 0 radical (unpaired) electrons. The number of nitrogens with zero attached hydrogens (tertiary/aromatic N) is 4. The number of ether oxygens (including phenoxy) is 1. The minimum Gasteiger partial charge on any atom is -0.375 e. The number of hydrogen-bond donors (Lipinski definition) is 1. The highest BCUT2D eigenvalue weighted by atomic mass is 32.2. The van der Waals surface area contributed by atoms with Gasteiger partial charge in [0, 0.05) is 63.0 Å². The number of fused-ring (bicyclic) bond motifs is 2. The van der Waals surface area contributed by atoms with Crippen molar-refractivity contribution in [2.24, 2.45) is 0 Å². The summed E-state index contributed by atoms with van der Waals surface area (Å²) in [6.45, 7) is 1.24. The van der Waals surface area contributed by atoms with Gasteiger partial charge in [0.05, 0.1) is 29.8 Å². The third-order valence-corrected chi connectivity index (χ3v) is 9.52. The van der Waals surface area contributed by atoms with Gasteiger partial charge < -0.3 is 19.5 Å². The van der Waals surface area contributed by atoms with Crippen LogP contribution in [0.5, 0.6) is 0 Å². The Labute approximate surface area is 219 Å². The summed E-state index contributed by atoms with van der Waals surface area (Å²) in [7, 11) is -0.646. The summed E-state index contributed by atoms with van der Waals surface area (Å²) in [6.07, 6.45) is 6.13. The van der Waals surface area contributed by atoms with E-state index in [9.17, 15) is 18.0 Å². The number of sulfonamides is 1. The average molecular weight is 542 g/mol. The van der Waals surface area contributed by atoms with Crippen molar-refractivity contribution in [3.05, 3.63) is 45.4 Å². The number of piperazine rings is 1. The van der Waals surface area contributed by atoms with Crippen molar-refractivity contribution in [1.82, 2.24) is 24.1 Å². The van der Waals surface area contributed by atoms with E-state index >= 15 is 0 Å². The molecule has 10 nitrogen and oxygen atoms in total. The van der Waals surface area contributed by atoms with Gasteiger partial charge in [-0.3, -0.25) is 9.59 Å². The van der Waals surface area contributed by atoms with E-state index in [1.54, 1.807) is 43.3 Å². The fourth-order valence-electron chi connectivity index (χ4n) is 4.58. The molecule has 2 aliphatic heterocycles. The number of hydrogen-bond acceptors (Lipinski definition) is 7. The van der Waals surface area contributed by atoms with Crippen LogP contribution in [0.4, 0.5) is 0 Å². The van der Waals surface area contributed by atoms with Crippen LogP contribution >= 0.6 is 11.3 Å². The number of carbonyl (C=O) groups excluding carboxylic acids is 2. The van der Waals surface area contributed by atoms with E-state index in [2.05, 4.69) is 15.9 Å². The lowest BCUT2D eigenvalue weighted by Gasteiger charge is -2.40. The minimum absolute atomic E-state index is 0.00279. The number of amides is 2. The molecule has 0 aliphatic carbocycles. The molecule has 0 bridgehead atoms. The highest BCUT2D eigenvalue weighted by molar-refractivity contribution is 7.89. The first-order valence-electron chi connectivity index (χ1n) is 11.8. The van der Waals surface area contributed by atoms with Gasteiger partial charge in [0.1, 0.15) is 5.03 Å². The van der Waals surface area contributed by atoms with Crippen LogP contribution in [0.2, 0.25) is 0 Å². The van der Waals surface area contributed by atoms with Crippen LogP contribution in [-0.4, -0.2) is 90.7 Å². The maximum atomic E-state index is 13.6. The third kappa shape index (κ3) is 4.87. The molecule has 5 rings (SSSR count). The van der Waals surface area contributed by atoms with E-state index in [4.69, 9.17) is 11.2 Å². The zero-order valence-electron chi connectivity index (χ0n) is 20.6. The standard InChI is InChI=1S/C25H27N5O5S2/c1-4-16-5-6-19-17(11-16)12-22(26-19)37(33,34)29-8-9-30(18(14-29)13-23(31)28(2)3)25(32)24-27-20-7-10-35-15-21(20)36-24/h1,5-6,11-12,18,26H,7-10,13-15H2,2-3H3. The first-order valence-corrected chi connectivity index (χ1v) is 14.1. The summed E-state index contributed by atoms with van der Waals surface area (Å²) in [5.41, 5.74) is 2.18. The molecule has 0 saturated carbocycles. The Morgan fingerprint density at radius 3 is 2.84 bits per heavy atom. The quantitative estimate of drug-likeness (QED) is 0.492. The molecule has 1 atom stereocenters. The molecular formula is C25H27N5O5S2. The number of aromatic nitrogens is 2. The predicted molar refractivity (Wildman–Crippen MR) is 139 cm³/mol. The van der Waals surface area contributed by atoms with Crippen LogP contribution in [0.15, 0.2) is 29.3 Å². The number of H-pyrrole nitrogens is 1. The fraction of sp³-hybridized carbons (Fsp3) is 0.400. The first kappa shape index (κ1) is 25.4. The Morgan fingerprint density at radius 1 is 1.30 bits per heavy atom. The highest BCUT2D eigenvalue weighted by Crippen LogP contribution is 2.29. The lowest BCUT2D eigenvalue weighted by atomic mass is 10.1. The van der Waals surface area contributed by atoms with E-state index in [-0.39, 0.29) is 42.9 Å². The van der Waals surface area contributed by atoms with Crippen molar-refractivity contribution in [2.75, 3.05) is 40.3 Å². The molecule has 4 heterocycles. The van der Waals surface area contributed by atoms with E-state index in [1.165, 1.54) is 20.5 Å². The zero-order chi connectivity index (χ0) is 26.3. The van der Waals surface area contributed by atoms with Gasteiger partial charge in [-0.1, -0.05) is 5.92 Å². The predicted octanol–water partition coefficient (Wildman–Crippen LogP) is 1.67. The maximum absolute atomic E-state index is 13.6. The van der Waals surface area contributed by atoms with E-state index in [1.807, 2.05) is 0 Å². The number of benzene rings is 1. The van der Waals surface area contributed by atoms with Crippen LogP contribution in [0.3, 0.4) is 0 Å². The second-order valence-corrected chi connectivity index (χ2v) is 12.3. The molecule has 3 aromatic rings. The number of nitrogens with one attached hydrogen (secondary N) is 1. The average Bonchev–Trinajstić information content (AvgIpc) is 3.52. The smallest absolute Gasteiger partial charge is 0.283 e. The molecule has 1 saturated heterocycles. The van der Waals surface area contributed by atoms with Crippen LogP contribution in [0, 0.1) is 12.3 Å². The summed E-state index contributed by atoms with van der Waals surface area (Å²) in [6, 6.07) is 6.16. The van der Waals surface area contributed by atoms with Crippen LogP contribution in [0.25, 0.3) is 10.9 Å². The second kappa shape index (κ2) is 9.90. The van der Waals surface area contributed by atoms with Crippen molar-refractivity contribution in [3.63, 3.8) is 0 Å². The van der Waals surface area contributed by atoms with Crippen molar-refractivity contribution in [2.45, 2.75) is 30.5 Å². The first-order chi connectivity index (χ1) is 17.7. The number of rotatable bonds is 5. The molecular weight excluding hydrogens is 514 g/mol. The number of carbonyl (C=O) groups is 2. The lowest BCUT2D eigenvalue weighted by Crippen LogP contribution is -2.57. The molecule has 12 heteroatoms. The number of terminal acetylenes is 1. The highest BCUT2D eigenvalue weighted by Gasteiger charge is 2.39. The van der Waals surface area contributed by atoms with Gasteiger partial charge in [0.25, 0.3) is 15.9 Å². The van der Waals surface area contributed by atoms with Crippen LogP contribution in [0.1, 0.15) is 32.4 Å². The minimum atomic E-state index is -3.91. The summed E-state index contributed by atoms with van der Waals surface area (Å²) < 4.78 is 34.0. The SMILES string of the molecule is C#Cc1ccc2[nH]c(S(=O)(=O)N3CCN(C(=O)c4nc5c(s4)COCC5)C(CC(=O)N(C)C)C3)cc2c1. The van der Waals surface area contributed by atoms with Gasteiger partial charge in [-0.15, -0.1) is 17.8 Å². The Balaban J connectivity index is 1.42.